The summed E-state index contributed by atoms with van der Waals surface area (Å²) < 4.78 is 6.04. The summed E-state index contributed by atoms with van der Waals surface area (Å²) in [5.74, 6) is 3.27. The van der Waals surface area contributed by atoms with Crippen LogP contribution in [0.1, 0.15) is 63.5 Å². The molecule has 2 aromatic rings. The van der Waals surface area contributed by atoms with Crippen molar-refractivity contribution < 1.29 is 14.6 Å². The van der Waals surface area contributed by atoms with Gasteiger partial charge in [-0.25, -0.2) is 0 Å². The minimum absolute atomic E-state index is 0.112. The summed E-state index contributed by atoms with van der Waals surface area (Å²) in [7, 11) is 1.00. The average Bonchev–Trinajstić information content (AvgIpc) is 3.42. The van der Waals surface area contributed by atoms with E-state index in [2.05, 4.69) is 101 Å². The molecule has 6 rings (SSSR count). The Balaban J connectivity index is 0.000000796. The van der Waals surface area contributed by atoms with Gasteiger partial charge in [0, 0.05) is 18.4 Å². The Labute approximate surface area is 260 Å². The topological polar surface area (TPSA) is 46.5 Å². The molecule has 0 amide bonds. The van der Waals surface area contributed by atoms with Gasteiger partial charge in [0.2, 0.25) is 0 Å². The highest BCUT2D eigenvalue weighted by atomic mass is 16.5. The van der Waals surface area contributed by atoms with E-state index >= 15 is 0 Å². The molecule has 6 unspecified atom stereocenters. The number of rotatable bonds is 6. The number of aliphatic hydroxyl groups is 1. The Bertz CT molecular complexity index is 1270. The highest BCUT2D eigenvalue weighted by molar-refractivity contribution is 5.83. The molecule has 0 bridgehead atoms. The van der Waals surface area contributed by atoms with Crippen LogP contribution < -0.4 is 4.74 Å². The summed E-state index contributed by atoms with van der Waals surface area (Å²) in [5.41, 5.74) is 5.56. The van der Waals surface area contributed by atoms with Crippen LogP contribution in [0.4, 0.5) is 0 Å². The molecule has 3 heteroatoms. The molecule has 0 aromatic heterocycles. The highest BCUT2D eigenvalue weighted by Gasteiger charge is 2.59. The van der Waals surface area contributed by atoms with Crippen molar-refractivity contribution in [3.8, 4) is 5.75 Å². The van der Waals surface area contributed by atoms with E-state index in [4.69, 9.17) is 9.84 Å². The number of allylic oxidation sites excluding steroid dienone is 5. The summed E-state index contributed by atoms with van der Waals surface area (Å²) in [5, 5.41) is 7.00. The van der Waals surface area contributed by atoms with Crippen LogP contribution in [0.5, 0.6) is 5.75 Å². The predicted octanol–water partition coefficient (Wildman–Crippen LogP) is 9.35. The number of aliphatic hydroxyl groups excluding tert-OH is 1. The van der Waals surface area contributed by atoms with E-state index < -0.39 is 0 Å². The van der Waals surface area contributed by atoms with Gasteiger partial charge in [0.15, 0.2) is 5.78 Å². The second-order valence-electron chi connectivity index (χ2n) is 12.5. The van der Waals surface area contributed by atoms with Crippen molar-refractivity contribution in [2.75, 3.05) is 13.7 Å². The summed E-state index contributed by atoms with van der Waals surface area (Å²) >= 11 is 0. The summed E-state index contributed by atoms with van der Waals surface area (Å²) in [6.07, 6.45) is 14.9. The lowest BCUT2D eigenvalue weighted by atomic mass is 9.47. The number of ether oxygens (including phenoxy) is 1. The Morgan fingerprint density at radius 1 is 0.884 bits per heavy atom. The number of carbonyl (C=O) groups is 1. The lowest BCUT2D eigenvalue weighted by molar-refractivity contribution is -0.131. The monoisotopic (exact) mass is 580 g/mol. The average molecular weight is 581 g/mol. The maximum Gasteiger partial charge on any atom is 0.173 e. The van der Waals surface area contributed by atoms with Gasteiger partial charge in [-0.05, 0) is 96.9 Å². The fraction of sp³-hybridized carbons (Fsp3) is 0.425. The van der Waals surface area contributed by atoms with Crippen molar-refractivity contribution in [3.63, 3.8) is 0 Å². The first-order valence-corrected chi connectivity index (χ1v) is 15.7. The van der Waals surface area contributed by atoms with Crippen LogP contribution in [0.15, 0.2) is 117 Å². The van der Waals surface area contributed by atoms with E-state index in [1.165, 1.54) is 36.8 Å². The van der Waals surface area contributed by atoms with Crippen molar-refractivity contribution >= 4 is 5.78 Å². The number of fused-ring (bicyclic) bond motifs is 5. The lowest BCUT2D eigenvalue weighted by Crippen LogP contribution is -2.50. The third-order valence-electron chi connectivity index (χ3n) is 10.6. The van der Waals surface area contributed by atoms with Crippen LogP contribution in [-0.2, 0) is 11.2 Å². The van der Waals surface area contributed by atoms with E-state index in [-0.39, 0.29) is 23.4 Å². The van der Waals surface area contributed by atoms with Gasteiger partial charge in [0.25, 0.3) is 0 Å². The van der Waals surface area contributed by atoms with Gasteiger partial charge in [-0.15, -0.1) is 26.3 Å². The van der Waals surface area contributed by atoms with Crippen LogP contribution in [0, 0.1) is 34.5 Å². The molecule has 2 aromatic carbocycles. The van der Waals surface area contributed by atoms with Gasteiger partial charge in [-0.3, -0.25) is 4.79 Å². The Kier molecular flexibility index (Phi) is 12.2. The van der Waals surface area contributed by atoms with Crippen LogP contribution in [-0.4, -0.2) is 24.6 Å². The Hall–Kier alpha value is -3.43. The minimum Gasteiger partial charge on any atom is -0.486 e. The van der Waals surface area contributed by atoms with Crippen LogP contribution in [0.3, 0.4) is 0 Å². The van der Waals surface area contributed by atoms with Gasteiger partial charge in [0.05, 0.1) is 0 Å². The molecule has 230 valence electrons. The number of carbonyl (C=O) groups excluding carboxylic acids is 1. The molecule has 3 nitrogen and oxygen atoms in total. The molecule has 3 fully saturated rings. The molecule has 3 saturated carbocycles. The van der Waals surface area contributed by atoms with Gasteiger partial charge < -0.3 is 9.84 Å². The van der Waals surface area contributed by atoms with Gasteiger partial charge in [-0.1, -0.05) is 86.7 Å². The van der Waals surface area contributed by atoms with E-state index in [1.807, 2.05) is 18.2 Å². The summed E-state index contributed by atoms with van der Waals surface area (Å²) in [6.45, 7) is 21.3. The Morgan fingerprint density at radius 3 is 2.21 bits per heavy atom. The third kappa shape index (κ3) is 7.04. The Morgan fingerprint density at radius 2 is 1.53 bits per heavy atom. The molecule has 0 saturated heterocycles. The van der Waals surface area contributed by atoms with Crippen molar-refractivity contribution in [1.82, 2.24) is 0 Å². The number of benzene rings is 2. The first kappa shape index (κ1) is 34.1. The second-order valence-corrected chi connectivity index (χ2v) is 12.5. The normalized spacial score (nSPS) is 29.8. The second kappa shape index (κ2) is 15.3. The van der Waals surface area contributed by atoms with Crippen molar-refractivity contribution in [1.29, 1.82) is 0 Å². The molecular weight excluding hydrogens is 528 g/mol. The zero-order valence-electron chi connectivity index (χ0n) is 26.7. The highest BCUT2D eigenvalue weighted by Crippen LogP contribution is 2.66. The van der Waals surface area contributed by atoms with Crippen LogP contribution >= 0.6 is 0 Å². The van der Waals surface area contributed by atoms with Crippen LogP contribution in [0.25, 0.3) is 0 Å². The van der Waals surface area contributed by atoms with Crippen molar-refractivity contribution in [3.05, 3.63) is 128 Å². The summed E-state index contributed by atoms with van der Waals surface area (Å²) in [6, 6.07) is 18.7. The molecule has 4 aliphatic rings. The molecule has 43 heavy (non-hydrogen) atoms. The van der Waals surface area contributed by atoms with Crippen molar-refractivity contribution in [2.45, 2.75) is 58.8 Å². The molecule has 6 atom stereocenters. The van der Waals surface area contributed by atoms with Crippen LogP contribution in [0.2, 0.25) is 0 Å². The zero-order chi connectivity index (χ0) is 31.6. The van der Waals surface area contributed by atoms with E-state index in [9.17, 15) is 4.79 Å². The maximum atomic E-state index is 13.5. The fourth-order valence-corrected chi connectivity index (χ4v) is 8.59. The van der Waals surface area contributed by atoms with E-state index in [0.717, 1.165) is 37.7 Å². The number of hydrogen-bond acceptors (Lipinski definition) is 3. The molecule has 4 aliphatic carbocycles. The number of ketones is 1. The molecule has 0 heterocycles. The van der Waals surface area contributed by atoms with E-state index in [0.29, 0.717) is 23.5 Å². The third-order valence-corrected chi connectivity index (χ3v) is 10.6. The molecule has 1 N–H and O–H groups in total. The molecule has 0 radical (unpaired) electrons. The predicted molar refractivity (Wildman–Crippen MR) is 181 cm³/mol. The van der Waals surface area contributed by atoms with Crippen molar-refractivity contribution in [2.24, 2.45) is 34.5 Å². The largest absolute Gasteiger partial charge is 0.486 e. The molecular formula is C40H52O3. The SMILES string of the molecule is C=C.C=C.C=C1C=CC2(C)C(=C1)CCC1C2CCC2(C)C(C(=O)COc3ccc(Cc4ccccc4)cc3)CCC12.CO. The first-order chi connectivity index (χ1) is 20.9. The minimum atomic E-state index is 0.112. The fourth-order valence-electron chi connectivity index (χ4n) is 8.59. The van der Waals surface area contributed by atoms with Gasteiger partial charge in [0.1, 0.15) is 12.4 Å². The first-order valence-electron chi connectivity index (χ1n) is 15.7. The number of hydrogen-bond donors (Lipinski definition) is 1. The zero-order valence-corrected chi connectivity index (χ0v) is 26.7. The quantitative estimate of drug-likeness (QED) is 0.346. The summed E-state index contributed by atoms with van der Waals surface area (Å²) in [4.78, 5) is 13.5. The maximum absolute atomic E-state index is 13.5. The smallest absolute Gasteiger partial charge is 0.173 e. The van der Waals surface area contributed by atoms with E-state index in [1.54, 1.807) is 5.57 Å². The van der Waals surface area contributed by atoms with Gasteiger partial charge >= 0.3 is 0 Å². The molecule has 0 spiro atoms. The lowest BCUT2D eigenvalue weighted by Gasteiger charge is -2.57. The van der Waals surface area contributed by atoms with Gasteiger partial charge in [-0.2, -0.15) is 0 Å². The number of Topliss-reactive ketones (excluding diaryl/α,β-unsaturated/α-hetero) is 1. The standard InChI is InChI=1S/C35H40O2.2C2H4.CH4O/c1-24-17-19-34(2)27(21-24)11-14-29-30-15-16-32(35(30,3)20-18-31(29)34)33(36)23-37-28-12-9-26(10-13-28)22-25-7-5-4-6-8-25;3*1-2/h4-10,12-13,17,19,21,29-32H,1,11,14-16,18,20,22-23H2,2-3H3;2*1-2H2;2H,1H3. The molecule has 0 aliphatic heterocycles.